The number of nitrogens with zero attached hydrogens (tertiary/aromatic N) is 2. The molecule has 7 nitrogen and oxygen atoms in total. The van der Waals surface area contributed by atoms with Gasteiger partial charge in [-0.3, -0.25) is 20.1 Å². The molecule has 126 valence electrons. The van der Waals surface area contributed by atoms with Crippen molar-refractivity contribution in [1.29, 1.82) is 0 Å². The highest BCUT2D eigenvalue weighted by molar-refractivity contribution is 5.96. The van der Waals surface area contributed by atoms with Crippen LogP contribution in [0.2, 0.25) is 0 Å². The summed E-state index contributed by atoms with van der Waals surface area (Å²) in [6.07, 6.45) is 5.66. The fourth-order valence-corrected chi connectivity index (χ4v) is 3.33. The Bertz CT molecular complexity index is 678. The molecule has 0 bridgehead atoms. The SMILES string of the molecule is NC(=O)NC(=O)[C@@H](c1ccccc1)N1CCC(c2cn[nH]c2)CC1. The summed E-state index contributed by atoms with van der Waals surface area (Å²) in [5.41, 5.74) is 7.19. The van der Waals surface area contributed by atoms with Gasteiger partial charge in [0.05, 0.1) is 6.20 Å². The Kier molecular flexibility index (Phi) is 4.90. The smallest absolute Gasteiger partial charge is 0.318 e. The summed E-state index contributed by atoms with van der Waals surface area (Å²) in [5.74, 6) is 0.0612. The standard InChI is InChI=1S/C17H21N5O2/c18-17(24)21-16(23)15(13-4-2-1-3-5-13)22-8-6-12(7-9-22)14-10-19-20-11-14/h1-5,10-12,15H,6-9H2,(H,19,20)(H3,18,21,23,24)/t15-/m1/s1. The molecule has 3 rings (SSSR count). The monoisotopic (exact) mass is 327 g/mol. The number of piperidine rings is 1. The Labute approximate surface area is 140 Å². The van der Waals surface area contributed by atoms with Gasteiger partial charge < -0.3 is 5.73 Å². The molecule has 0 aliphatic carbocycles. The molecular weight excluding hydrogens is 306 g/mol. The van der Waals surface area contributed by atoms with Crippen molar-refractivity contribution in [1.82, 2.24) is 20.4 Å². The quantitative estimate of drug-likeness (QED) is 0.792. The first-order valence-corrected chi connectivity index (χ1v) is 8.03. The van der Waals surface area contributed by atoms with Gasteiger partial charge in [0, 0.05) is 6.20 Å². The molecule has 1 aliphatic heterocycles. The molecular formula is C17H21N5O2. The van der Waals surface area contributed by atoms with Crippen molar-refractivity contribution < 1.29 is 9.59 Å². The Morgan fingerprint density at radius 3 is 2.54 bits per heavy atom. The molecule has 4 N–H and O–H groups in total. The molecule has 0 spiro atoms. The average Bonchev–Trinajstić information content (AvgIpc) is 3.10. The minimum absolute atomic E-state index is 0.379. The molecule has 2 heterocycles. The number of aromatic nitrogens is 2. The van der Waals surface area contributed by atoms with Crippen LogP contribution in [0.25, 0.3) is 0 Å². The molecule has 1 fully saturated rings. The van der Waals surface area contributed by atoms with Gasteiger partial charge in [0.2, 0.25) is 5.91 Å². The number of H-pyrrole nitrogens is 1. The van der Waals surface area contributed by atoms with Crippen molar-refractivity contribution in [3.63, 3.8) is 0 Å². The Morgan fingerprint density at radius 2 is 1.96 bits per heavy atom. The number of rotatable bonds is 4. The summed E-state index contributed by atoms with van der Waals surface area (Å²) < 4.78 is 0. The van der Waals surface area contributed by atoms with E-state index in [0.29, 0.717) is 5.92 Å². The Balaban J connectivity index is 1.74. The minimum atomic E-state index is -0.825. The van der Waals surface area contributed by atoms with Crippen LogP contribution in [0.1, 0.15) is 35.9 Å². The average molecular weight is 327 g/mol. The third-order valence-corrected chi connectivity index (χ3v) is 4.50. The maximum absolute atomic E-state index is 12.5. The third kappa shape index (κ3) is 3.62. The summed E-state index contributed by atoms with van der Waals surface area (Å²) in [6, 6.07) is 8.13. The number of benzene rings is 1. The number of hydrogen-bond donors (Lipinski definition) is 3. The van der Waals surface area contributed by atoms with Gasteiger partial charge in [0.15, 0.2) is 0 Å². The van der Waals surface area contributed by atoms with Crippen LogP contribution in [-0.2, 0) is 4.79 Å². The van der Waals surface area contributed by atoms with Gasteiger partial charge in [-0.1, -0.05) is 30.3 Å². The number of carbonyl (C=O) groups is 2. The van der Waals surface area contributed by atoms with E-state index < -0.39 is 12.1 Å². The summed E-state index contributed by atoms with van der Waals surface area (Å²) in [5, 5.41) is 9.07. The molecule has 1 saturated heterocycles. The molecule has 1 atom stereocenters. The number of likely N-dealkylation sites (tertiary alicyclic amines) is 1. The highest BCUT2D eigenvalue weighted by Gasteiger charge is 2.32. The van der Waals surface area contributed by atoms with E-state index in [2.05, 4.69) is 20.4 Å². The second-order valence-electron chi connectivity index (χ2n) is 6.01. The zero-order valence-electron chi connectivity index (χ0n) is 13.3. The molecule has 2 aromatic rings. The number of hydrogen-bond acceptors (Lipinski definition) is 4. The van der Waals surface area contributed by atoms with Crippen molar-refractivity contribution in [2.75, 3.05) is 13.1 Å². The predicted octanol–water partition coefficient (Wildman–Crippen LogP) is 1.53. The molecule has 0 radical (unpaired) electrons. The lowest BCUT2D eigenvalue weighted by Gasteiger charge is -2.36. The fourth-order valence-electron chi connectivity index (χ4n) is 3.33. The highest BCUT2D eigenvalue weighted by atomic mass is 16.2. The van der Waals surface area contributed by atoms with Crippen LogP contribution < -0.4 is 11.1 Å². The number of nitrogens with two attached hydrogens (primary N) is 1. The molecule has 1 aromatic carbocycles. The number of urea groups is 1. The van der Waals surface area contributed by atoms with Gasteiger partial charge in [0.1, 0.15) is 6.04 Å². The van der Waals surface area contributed by atoms with Crippen LogP contribution in [0.15, 0.2) is 42.7 Å². The van der Waals surface area contributed by atoms with Crippen LogP contribution in [0.5, 0.6) is 0 Å². The lowest BCUT2D eigenvalue weighted by molar-refractivity contribution is -0.126. The summed E-state index contributed by atoms with van der Waals surface area (Å²) in [7, 11) is 0. The van der Waals surface area contributed by atoms with E-state index in [1.807, 2.05) is 42.7 Å². The fraction of sp³-hybridized carbons (Fsp3) is 0.353. The van der Waals surface area contributed by atoms with Crippen LogP contribution >= 0.6 is 0 Å². The minimum Gasteiger partial charge on any atom is -0.351 e. The topological polar surface area (TPSA) is 104 Å². The van der Waals surface area contributed by atoms with Gasteiger partial charge in [-0.05, 0) is 43.0 Å². The number of nitrogens with one attached hydrogen (secondary N) is 2. The van der Waals surface area contributed by atoms with E-state index >= 15 is 0 Å². The van der Waals surface area contributed by atoms with E-state index in [9.17, 15) is 9.59 Å². The van der Waals surface area contributed by atoms with Crippen molar-refractivity contribution in [2.45, 2.75) is 24.8 Å². The number of carbonyl (C=O) groups excluding carboxylic acids is 2. The molecule has 24 heavy (non-hydrogen) atoms. The van der Waals surface area contributed by atoms with Crippen LogP contribution in [0.3, 0.4) is 0 Å². The van der Waals surface area contributed by atoms with E-state index in [0.717, 1.165) is 31.5 Å². The zero-order valence-corrected chi connectivity index (χ0v) is 13.3. The summed E-state index contributed by atoms with van der Waals surface area (Å²) >= 11 is 0. The first kappa shape index (κ1) is 16.2. The first-order chi connectivity index (χ1) is 11.6. The van der Waals surface area contributed by atoms with E-state index in [-0.39, 0.29) is 5.91 Å². The molecule has 1 aliphatic rings. The zero-order chi connectivity index (χ0) is 16.9. The largest absolute Gasteiger partial charge is 0.351 e. The molecule has 1 aromatic heterocycles. The van der Waals surface area contributed by atoms with Crippen LogP contribution in [0.4, 0.5) is 4.79 Å². The number of aromatic amines is 1. The van der Waals surface area contributed by atoms with Gasteiger partial charge in [0.25, 0.3) is 0 Å². The number of amides is 3. The Morgan fingerprint density at radius 1 is 1.25 bits per heavy atom. The highest BCUT2D eigenvalue weighted by Crippen LogP contribution is 2.32. The maximum Gasteiger partial charge on any atom is 0.318 e. The number of imide groups is 1. The number of primary amides is 1. The van der Waals surface area contributed by atoms with Gasteiger partial charge in [-0.15, -0.1) is 0 Å². The molecule has 0 unspecified atom stereocenters. The normalized spacial score (nSPS) is 17.3. The Hall–Kier alpha value is -2.67. The van der Waals surface area contributed by atoms with Crippen LogP contribution in [-0.4, -0.2) is 40.1 Å². The lowest BCUT2D eigenvalue weighted by Crippen LogP contribution is -2.46. The van der Waals surface area contributed by atoms with Crippen LogP contribution in [0, 0.1) is 0 Å². The maximum atomic E-state index is 12.5. The van der Waals surface area contributed by atoms with E-state index in [1.54, 1.807) is 0 Å². The lowest BCUT2D eigenvalue weighted by atomic mass is 9.90. The third-order valence-electron chi connectivity index (χ3n) is 4.50. The first-order valence-electron chi connectivity index (χ1n) is 8.03. The second kappa shape index (κ2) is 7.27. The molecule has 7 heteroatoms. The van der Waals surface area contributed by atoms with Crippen molar-refractivity contribution in [3.8, 4) is 0 Å². The summed E-state index contributed by atoms with van der Waals surface area (Å²) in [6.45, 7) is 1.53. The van der Waals surface area contributed by atoms with Gasteiger partial charge in [-0.2, -0.15) is 5.10 Å². The molecule has 3 amide bonds. The predicted molar refractivity (Wildman–Crippen MR) is 89.0 cm³/mol. The second-order valence-corrected chi connectivity index (χ2v) is 6.01. The van der Waals surface area contributed by atoms with Crippen molar-refractivity contribution in [2.24, 2.45) is 5.73 Å². The van der Waals surface area contributed by atoms with Gasteiger partial charge in [-0.25, -0.2) is 4.79 Å². The van der Waals surface area contributed by atoms with E-state index in [1.165, 1.54) is 5.56 Å². The van der Waals surface area contributed by atoms with E-state index in [4.69, 9.17) is 5.73 Å². The van der Waals surface area contributed by atoms with Crippen molar-refractivity contribution >= 4 is 11.9 Å². The van der Waals surface area contributed by atoms with Gasteiger partial charge >= 0.3 is 6.03 Å². The summed E-state index contributed by atoms with van der Waals surface area (Å²) in [4.78, 5) is 25.7. The molecule has 0 saturated carbocycles. The van der Waals surface area contributed by atoms with Crippen molar-refractivity contribution in [3.05, 3.63) is 53.9 Å².